The van der Waals surface area contributed by atoms with Gasteiger partial charge in [-0.2, -0.15) is 0 Å². The van der Waals surface area contributed by atoms with E-state index in [1.54, 1.807) is 18.2 Å². The number of hydrogen-bond acceptors (Lipinski definition) is 4. The highest BCUT2D eigenvalue weighted by Gasteiger charge is 2.31. The molecule has 3 rings (SSSR count). The molecule has 0 aromatic heterocycles. The zero-order valence-corrected chi connectivity index (χ0v) is 14.5. The summed E-state index contributed by atoms with van der Waals surface area (Å²) in [6.45, 7) is 1.97. The molecule has 24 heavy (non-hydrogen) atoms. The second-order valence-electron chi connectivity index (χ2n) is 6.12. The first-order valence-electron chi connectivity index (χ1n) is 7.98. The van der Waals surface area contributed by atoms with Gasteiger partial charge in [-0.15, -0.1) is 0 Å². The first-order chi connectivity index (χ1) is 11.4. The van der Waals surface area contributed by atoms with Crippen LogP contribution in [0, 0.1) is 0 Å². The fourth-order valence-electron chi connectivity index (χ4n) is 3.21. The summed E-state index contributed by atoms with van der Waals surface area (Å²) in [7, 11) is -2.07. The van der Waals surface area contributed by atoms with E-state index in [9.17, 15) is 13.5 Å². The van der Waals surface area contributed by atoms with Crippen LogP contribution in [0.3, 0.4) is 0 Å². The van der Waals surface area contributed by atoms with E-state index in [1.807, 2.05) is 37.3 Å². The minimum atomic E-state index is -3.47. The number of hydrogen-bond donors (Lipinski definition) is 3. The summed E-state index contributed by atoms with van der Waals surface area (Å²) in [6, 6.07) is 14.6. The maximum atomic E-state index is 12.0. The van der Waals surface area contributed by atoms with Crippen LogP contribution < -0.4 is 10.0 Å². The third-order valence-corrected chi connectivity index (χ3v) is 5.98. The van der Waals surface area contributed by atoms with Crippen molar-refractivity contribution >= 4 is 10.0 Å². The van der Waals surface area contributed by atoms with Crippen LogP contribution in [0.2, 0.25) is 0 Å². The summed E-state index contributed by atoms with van der Waals surface area (Å²) in [5.74, 6) is 0. The van der Waals surface area contributed by atoms with Gasteiger partial charge in [-0.3, -0.25) is 0 Å². The molecular formula is C18H22N2O3S. The summed E-state index contributed by atoms with van der Waals surface area (Å²) >= 11 is 0. The van der Waals surface area contributed by atoms with Crippen LogP contribution in [-0.4, -0.2) is 26.7 Å². The number of rotatable bonds is 5. The van der Waals surface area contributed by atoms with Gasteiger partial charge in [-0.25, -0.2) is 13.1 Å². The molecular weight excluding hydrogens is 324 g/mol. The Morgan fingerprint density at radius 2 is 1.92 bits per heavy atom. The summed E-state index contributed by atoms with van der Waals surface area (Å²) in [5, 5.41) is 13.8. The molecule has 6 heteroatoms. The molecule has 3 atom stereocenters. The molecule has 0 saturated carbocycles. The second kappa shape index (κ2) is 6.64. The third kappa shape index (κ3) is 3.23. The summed E-state index contributed by atoms with van der Waals surface area (Å²) in [5.41, 5.74) is 3.12. The van der Waals surface area contributed by atoms with Crippen molar-refractivity contribution in [1.29, 1.82) is 0 Å². The highest BCUT2D eigenvalue weighted by Crippen LogP contribution is 2.33. The van der Waals surface area contributed by atoms with Crippen molar-refractivity contribution in [1.82, 2.24) is 10.0 Å². The lowest BCUT2D eigenvalue weighted by atomic mass is 10.0. The maximum Gasteiger partial charge on any atom is 0.240 e. The third-order valence-electron chi connectivity index (χ3n) is 4.57. The standard InChI is InChI=1S/C18H22N2O3S/c1-12(13-7-5-8-15(10-13)24(22,23)19-2)20-18-16-9-4-3-6-14(16)11-17(18)21/h3-10,12,17-21H,11H2,1-2H3. The van der Waals surface area contributed by atoms with Crippen molar-refractivity contribution in [3.05, 3.63) is 65.2 Å². The molecule has 3 unspecified atom stereocenters. The fourth-order valence-corrected chi connectivity index (χ4v) is 3.99. The van der Waals surface area contributed by atoms with Crippen molar-refractivity contribution in [2.75, 3.05) is 7.05 Å². The van der Waals surface area contributed by atoms with Crippen LogP contribution in [0.1, 0.15) is 35.7 Å². The topological polar surface area (TPSA) is 78.4 Å². The molecule has 0 aliphatic heterocycles. The van der Waals surface area contributed by atoms with E-state index in [0.29, 0.717) is 6.42 Å². The van der Waals surface area contributed by atoms with Gasteiger partial charge < -0.3 is 10.4 Å². The molecule has 5 nitrogen and oxygen atoms in total. The Hall–Kier alpha value is -1.73. The number of benzene rings is 2. The summed E-state index contributed by atoms with van der Waals surface area (Å²) in [4.78, 5) is 0.239. The van der Waals surface area contributed by atoms with Crippen LogP contribution in [0.4, 0.5) is 0 Å². The summed E-state index contributed by atoms with van der Waals surface area (Å²) in [6.07, 6.45) is 0.156. The normalized spacial score (nSPS) is 21.5. The second-order valence-corrected chi connectivity index (χ2v) is 8.00. The SMILES string of the molecule is CNS(=O)(=O)c1cccc(C(C)NC2c3ccccc3CC2O)c1. The van der Waals surface area contributed by atoms with Crippen molar-refractivity contribution in [3.63, 3.8) is 0 Å². The molecule has 3 N–H and O–H groups in total. The smallest absolute Gasteiger partial charge is 0.240 e. The Bertz CT molecular complexity index is 836. The molecule has 0 radical (unpaired) electrons. The van der Waals surface area contributed by atoms with Crippen LogP contribution >= 0.6 is 0 Å². The number of sulfonamides is 1. The van der Waals surface area contributed by atoms with E-state index in [1.165, 1.54) is 7.05 Å². The Morgan fingerprint density at radius 1 is 1.17 bits per heavy atom. The minimum absolute atomic E-state index is 0.0946. The molecule has 0 spiro atoms. The Kier molecular flexibility index (Phi) is 4.73. The largest absolute Gasteiger partial charge is 0.391 e. The quantitative estimate of drug-likeness (QED) is 0.773. The van der Waals surface area contributed by atoms with Gasteiger partial charge in [0.25, 0.3) is 0 Å². The summed E-state index contributed by atoms with van der Waals surface area (Å²) < 4.78 is 26.3. The Balaban J connectivity index is 1.83. The van der Waals surface area contributed by atoms with Gasteiger partial charge in [-0.05, 0) is 42.8 Å². The van der Waals surface area contributed by atoms with Crippen molar-refractivity contribution in [2.45, 2.75) is 36.4 Å². The monoisotopic (exact) mass is 346 g/mol. The molecule has 1 aliphatic rings. The van der Waals surface area contributed by atoms with Crippen molar-refractivity contribution in [2.24, 2.45) is 0 Å². The minimum Gasteiger partial charge on any atom is -0.391 e. The lowest BCUT2D eigenvalue weighted by Gasteiger charge is -2.23. The van der Waals surface area contributed by atoms with Crippen molar-refractivity contribution < 1.29 is 13.5 Å². The van der Waals surface area contributed by atoms with Crippen LogP contribution in [-0.2, 0) is 16.4 Å². The number of fused-ring (bicyclic) bond motifs is 1. The van der Waals surface area contributed by atoms with Crippen LogP contribution in [0.25, 0.3) is 0 Å². The number of aliphatic hydroxyl groups is 1. The van der Waals surface area contributed by atoms with Crippen LogP contribution in [0.15, 0.2) is 53.4 Å². The van der Waals surface area contributed by atoms with Gasteiger partial charge in [0.2, 0.25) is 10.0 Å². The average Bonchev–Trinajstić information content (AvgIpc) is 2.90. The first kappa shape index (κ1) is 17.1. The molecule has 1 aliphatic carbocycles. The van der Waals surface area contributed by atoms with Gasteiger partial charge in [0.05, 0.1) is 17.0 Å². The maximum absolute atomic E-state index is 12.0. The van der Waals surface area contributed by atoms with Gasteiger partial charge >= 0.3 is 0 Å². The zero-order valence-electron chi connectivity index (χ0n) is 13.7. The Morgan fingerprint density at radius 3 is 2.67 bits per heavy atom. The van der Waals surface area contributed by atoms with E-state index >= 15 is 0 Å². The predicted octanol–water partition coefficient (Wildman–Crippen LogP) is 1.90. The average molecular weight is 346 g/mol. The first-order valence-corrected chi connectivity index (χ1v) is 9.46. The molecule has 0 saturated heterocycles. The lowest BCUT2D eigenvalue weighted by molar-refractivity contribution is 0.136. The van der Waals surface area contributed by atoms with Gasteiger partial charge in [0, 0.05) is 12.5 Å². The highest BCUT2D eigenvalue weighted by atomic mass is 32.2. The molecule has 0 fully saturated rings. The van der Waals surface area contributed by atoms with Gasteiger partial charge in [-0.1, -0.05) is 36.4 Å². The molecule has 0 amide bonds. The highest BCUT2D eigenvalue weighted by molar-refractivity contribution is 7.89. The molecule has 0 bridgehead atoms. The predicted molar refractivity (Wildman–Crippen MR) is 93.1 cm³/mol. The molecule has 0 heterocycles. The number of nitrogens with one attached hydrogen (secondary N) is 2. The molecule has 2 aromatic carbocycles. The zero-order chi connectivity index (χ0) is 17.3. The van der Waals surface area contributed by atoms with Crippen molar-refractivity contribution in [3.8, 4) is 0 Å². The van der Waals surface area contributed by atoms with E-state index in [-0.39, 0.29) is 17.0 Å². The van der Waals surface area contributed by atoms with Gasteiger partial charge in [0.1, 0.15) is 0 Å². The molecule has 2 aromatic rings. The molecule has 128 valence electrons. The lowest BCUT2D eigenvalue weighted by Crippen LogP contribution is -2.31. The Labute approximate surface area is 142 Å². The van der Waals surface area contributed by atoms with Gasteiger partial charge in [0.15, 0.2) is 0 Å². The van der Waals surface area contributed by atoms with Crippen LogP contribution in [0.5, 0.6) is 0 Å². The fraction of sp³-hybridized carbons (Fsp3) is 0.333. The number of aliphatic hydroxyl groups excluding tert-OH is 1. The van der Waals surface area contributed by atoms with E-state index in [4.69, 9.17) is 0 Å². The van der Waals surface area contributed by atoms with E-state index in [0.717, 1.165) is 16.7 Å². The van der Waals surface area contributed by atoms with E-state index in [2.05, 4.69) is 10.0 Å². The van der Waals surface area contributed by atoms with E-state index < -0.39 is 16.1 Å².